The maximum atomic E-state index is 13.1. The van der Waals surface area contributed by atoms with E-state index in [-0.39, 0.29) is 16.7 Å². The summed E-state index contributed by atoms with van der Waals surface area (Å²) in [6, 6.07) is 8.74. The standard InChI is InChI=1S/C24H25ClN2O6/c1-5-14(3)33-21-19(25)12-15(13-20(21)31-4)11-18-22(28)26-24(30)27(23(18)29)16-7-9-17(10-8-16)32-6-2/h7-14H,5-6H2,1-4H3,(H,26,28,30). The van der Waals surface area contributed by atoms with Crippen molar-refractivity contribution in [1.82, 2.24) is 5.32 Å². The Kier molecular flexibility index (Phi) is 7.60. The second-order valence-corrected chi connectivity index (χ2v) is 7.66. The number of nitrogens with one attached hydrogen (secondary N) is 1. The van der Waals surface area contributed by atoms with Crippen LogP contribution in [0, 0.1) is 0 Å². The van der Waals surface area contributed by atoms with Crippen LogP contribution in [0.5, 0.6) is 17.2 Å². The minimum Gasteiger partial charge on any atom is -0.494 e. The number of hydrogen-bond acceptors (Lipinski definition) is 6. The second-order valence-electron chi connectivity index (χ2n) is 7.26. The first-order valence-electron chi connectivity index (χ1n) is 10.5. The van der Waals surface area contributed by atoms with Crippen molar-refractivity contribution in [2.24, 2.45) is 0 Å². The van der Waals surface area contributed by atoms with Gasteiger partial charge in [-0.3, -0.25) is 14.9 Å². The van der Waals surface area contributed by atoms with Crippen molar-refractivity contribution in [3.8, 4) is 17.2 Å². The van der Waals surface area contributed by atoms with Crippen molar-refractivity contribution in [2.45, 2.75) is 33.3 Å². The highest BCUT2D eigenvalue weighted by Crippen LogP contribution is 2.38. The molecule has 1 fully saturated rings. The van der Waals surface area contributed by atoms with Crippen LogP contribution in [-0.2, 0) is 9.59 Å². The summed E-state index contributed by atoms with van der Waals surface area (Å²) >= 11 is 6.40. The predicted molar refractivity (Wildman–Crippen MR) is 125 cm³/mol. The predicted octanol–water partition coefficient (Wildman–Crippen LogP) is 4.59. The number of carbonyl (C=O) groups excluding carboxylic acids is 3. The Labute approximate surface area is 197 Å². The monoisotopic (exact) mass is 472 g/mol. The molecule has 0 bridgehead atoms. The van der Waals surface area contributed by atoms with Crippen molar-refractivity contribution in [1.29, 1.82) is 0 Å². The van der Waals surface area contributed by atoms with Crippen LogP contribution in [0.2, 0.25) is 5.02 Å². The molecule has 0 radical (unpaired) electrons. The number of nitrogens with zero attached hydrogens (tertiary/aromatic N) is 1. The van der Waals surface area contributed by atoms with E-state index in [1.807, 2.05) is 20.8 Å². The third kappa shape index (κ3) is 5.28. The zero-order chi connectivity index (χ0) is 24.1. The first-order chi connectivity index (χ1) is 15.8. The molecule has 1 atom stereocenters. The van der Waals surface area contributed by atoms with Gasteiger partial charge in [0.2, 0.25) is 0 Å². The zero-order valence-corrected chi connectivity index (χ0v) is 19.6. The van der Waals surface area contributed by atoms with Gasteiger partial charge in [-0.1, -0.05) is 18.5 Å². The fraction of sp³-hybridized carbons (Fsp3) is 0.292. The maximum absolute atomic E-state index is 13.1. The molecule has 2 aromatic rings. The number of amides is 4. The average Bonchev–Trinajstić information content (AvgIpc) is 2.79. The molecule has 0 saturated carbocycles. The lowest BCUT2D eigenvalue weighted by Gasteiger charge is -2.26. The number of ether oxygens (including phenoxy) is 3. The number of carbonyl (C=O) groups is 3. The molecule has 0 aliphatic carbocycles. The summed E-state index contributed by atoms with van der Waals surface area (Å²) in [5.41, 5.74) is 0.511. The van der Waals surface area contributed by atoms with Crippen LogP contribution in [0.15, 0.2) is 42.0 Å². The fourth-order valence-corrected chi connectivity index (χ4v) is 3.40. The Morgan fingerprint density at radius 1 is 1.12 bits per heavy atom. The summed E-state index contributed by atoms with van der Waals surface area (Å²) in [5, 5.41) is 2.46. The van der Waals surface area contributed by atoms with E-state index in [1.165, 1.54) is 13.2 Å². The molecule has 33 heavy (non-hydrogen) atoms. The lowest BCUT2D eigenvalue weighted by molar-refractivity contribution is -0.122. The quantitative estimate of drug-likeness (QED) is 0.446. The van der Waals surface area contributed by atoms with Crippen molar-refractivity contribution in [3.05, 3.63) is 52.6 Å². The molecule has 1 heterocycles. The van der Waals surface area contributed by atoms with Gasteiger partial charge in [0.15, 0.2) is 11.5 Å². The Bertz CT molecular complexity index is 1100. The number of anilines is 1. The van der Waals surface area contributed by atoms with Crippen molar-refractivity contribution in [3.63, 3.8) is 0 Å². The first-order valence-corrected chi connectivity index (χ1v) is 10.8. The lowest BCUT2D eigenvalue weighted by Crippen LogP contribution is -2.54. The number of imide groups is 2. The minimum absolute atomic E-state index is 0.0833. The van der Waals surface area contributed by atoms with E-state index >= 15 is 0 Å². The summed E-state index contributed by atoms with van der Waals surface area (Å²) < 4.78 is 16.6. The Hall–Kier alpha value is -3.52. The lowest BCUT2D eigenvalue weighted by atomic mass is 10.1. The van der Waals surface area contributed by atoms with E-state index in [9.17, 15) is 14.4 Å². The number of urea groups is 1. The van der Waals surface area contributed by atoms with Crippen LogP contribution in [0.25, 0.3) is 6.08 Å². The molecular weight excluding hydrogens is 448 g/mol. The van der Waals surface area contributed by atoms with Gasteiger partial charge >= 0.3 is 6.03 Å². The van der Waals surface area contributed by atoms with Crippen LogP contribution < -0.4 is 24.4 Å². The third-order valence-electron chi connectivity index (χ3n) is 4.96. The van der Waals surface area contributed by atoms with Gasteiger partial charge in [-0.25, -0.2) is 9.69 Å². The summed E-state index contributed by atoms with van der Waals surface area (Å²) in [6.07, 6.45) is 2.04. The van der Waals surface area contributed by atoms with Gasteiger partial charge < -0.3 is 14.2 Å². The Morgan fingerprint density at radius 2 is 1.82 bits per heavy atom. The van der Waals surface area contributed by atoms with Crippen molar-refractivity contribution >= 4 is 41.2 Å². The van der Waals surface area contributed by atoms with E-state index in [0.29, 0.717) is 35.1 Å². The molecule has 9 heteroatoms. The molecular formula is C24H25ClN2O6. The molecule has 0 aromatic heterocycles. The van der Waals surface area contributed by atoms with Gasteiger partial charge in [-0.2, -0.15) is 0 Å². The van der Waals surface area contributed by atoms with E-state index in [1.54, 1.807) is 36.4 Å². The van der Waals surface area contributed by atoms with Gasteiger partial charge in [-0.15, -0.1) is 0 Å². The van der Waals surface area contributed by atoms with Crippen molar-refractivity contribution < 1.29 is 28.6 Å². The molecule has 1 unspecified atom stereocenters. The van der Waals surface area contributed by atoms with Gasteiger partial charge in [0, 0.05) is 0 Å². The van der Waals surface area contributed by atoms with Crippen LogP contribution in [-0.4, -0.2) is 37.7 Å². The Balaban J connectivity index is 1.96. The van der Waals surface area contributed by atoms with Crippen LogP contribution >= 0.6 is 11.6 Å². The summed E-state index contributed by atoms with van der Waals surface area (Å²) in [7, 11) is 1.47. The van der Waals surface area contributed by atoms with E-state index in [0.717, 1.165) is 11.3 Å². The first kappa shape index (κ1) is 24.1. The Morgan fingerprint density at radius 3 is 2.42 bits per heavy atom. The smallest absolute Gasteiger partial charge is 0.335 e. The molecule has 1 aliphatic heterocycles. The molecule has 8 nitrogen and oxygen atoms in total. The average molecular weight is 473 g/mol. The zero-order valence-electron chi connectivity index (χ0n) is 18.8. The number of halogens is 1. The minimum atomic E-state index is -0.834. The van der Waals surface area contributed by atoms with E-state index < -0.39 is 17.8 Å². The van der Waals surface area contributed by atoms with Crippen LogP contribution in [0.3, 0.4) is 0 Å². The molecule has 1 aliphatic rings. The van der Waals surface area contributed by atoms with Gasteiger partial charge in [-0.05, 0) is 68.3 Å². The summed E-state index contributed by atoms with van der Waals surface area (Å²) in [4.78, 5) is 38.9. The molecule has 1 N–H and O–H groups in total. The molecule has 2 aromatic carbocycles. The van der Waals surface area contributed by atoms with E-state index in [4.69, 9.17) is 25.8 Å². The summed E-state index contributed by atoms with van der Waals surface area (Å²) in [6.45, 7) is 6.22. The maximum Gasteiger partial charge on any atom is 0.335 e. The molecule has 0 spiro atoms. The van der Waals surface area contributed by atoms with Crippen LogP contribution in [0.1, 0.15) is 32.8 Å². The third-order valence-corrected chi connectivity index (χ3v) is 5.25. The number of barbiturate groups is 1. The number of methoxy groups -OCH3 is 1. The van der Waals surface area contributed by atoms with Crippen molar-refractivity contribution in [2.75, 3.05) is 18.6 Å². The molecule has 174 valence electrons. The van der Waals surface area contributed by atoms with Gasteiger partial charge in [0.1, 0.15) is 11.3 Å². The molecule has 4 amide bonds. The highest BCUT2D eigenvalue weighted by Gasteiger charge is 2.37. The van der Waals surface area contributed by atoms with E-state index in [2.05, 4.69) is 5.32 Å². The fourth-order valence-electron chi connectivity index (χ4n) is 3.14. The highest BCUT2D eigenvalue weighted by atomic mass is 35.5. The second kappa shape index (κ2) is 10.4. The number of rotatable bonds is 8. The highest BCUT2D eigenvalue weighted by molar-refractivity contribution is 6.39. The normalized spacial score (nSPS) is 16.0. The largest absolute Gasteiger partial charge is 0.494 e. The summed E-state index contributed by atoms with van der Waals surface area (Å²) in [5.74, 6) is -0.233. The molecule has 1 saturated heterocycles. The number of hydrogen-bond donors (Lipinski definition) is 1. The SMILES string of the molecule is CCOc1ccc(N2C(=O)NC(=O)C(=Cc3cc(Cl)c(OC(C)CC)c(OC)c3)C2=O)cc1. The molecule has 3 rings (SSSR count). The number of benzene rings is 2. The van der Waals surface area contributed by atoms with Gasteiger partial charge in [0.05, 0.1) is 30.5 Å². The van der Waals surface area contributed by atoms with Crippen LogP contribution in [0.4, 0.5) is 10.5 Å². The topological polar surface area (TPSA) is 94.2 Å². The van der Waals surface area contributed by atoms with Gasteiger partial charge in [0.25, 0.3) is 11.8 Å².